The van der Waals surface area contributed by atoms with Gasteiger partial charge in [-0.25, -0.2) is 9.18 Å². The molecule has 1 aromatic heterocycles. The van der Waals surface area contributed by atoms with E-state index in [0.717, 1.165) is 11.3 Å². The molecule has 0 aliphatic heterocycles. The topological polar surface area (TPSA) is 66.4 Å². The van der Waals surface area contributed by atoms with Gasteiger partial charge in [0.25, 0.3) is 5.91 Å². The average molecular weight is 329 g/mol. The first kappa shape index (κ1) is 15.2. The molecule has 0 radical (unpaired) electrons. The molecule has 1 amide bonds. The first-order valence-electron chi connectivity index (χ1n) is 6.81. The van der Waals surface area contributed by atoms with Gasteiger partial charge in [0, 0.05) is 10.4 Å². The summed E-state index contributed by atoms with van der Waals surface area (Å²) in [4.78, 5) is 23.1. The zero-order chi connectivity index (χ0) is 16.4. The minimum absolute atomic E-state index is 0.182. The van der Waals surface area contributed by atoms with Gasteiger partial charge in [0.2, 0.25) is 6.17 Å². The lowest BCUT2D eigenvalue weighted by Crippen LogP contribution is -2.17. The number of carboxylic acid groups (broad SMARTS) is 1. The van der Waals surface area contributed by atoms with Gasteiger partial charge < -0.3 is 10.4 Å². The number of halogens is 1. The Hall–Kier alpha value is -2.73. The molecule has 0 saturated carbocycles. The number of aromatic carboxylic acids is 1. The van der Waals surface area contributed by atoms with Crippen LogP contribution in [0.1, 0.15) is 21.4 Å². The number of anilines is 1. The smallest absolute Gasteiger partial charge is 0.345 e. The van der Waals surface area contributed by atoms with Gasteiger partial charge in [-0.15, -0.1) is 11.3 Å². The first-order valence-corrected chi connectivity index (χ1v) is 7.63. The van der Waals surface area contributed by atoms with E-state index < -0.39 is 18.0 Å². The fraction of sp³-hybridized carbons (Fsp3) is 0.0588. The fourth-order valence-corrected chi connectivity index (χ4v) is 3.14. The van der Waals surface area contributed by atoms with Crippen LogP contribution in [-0.2, 0) is 4.79 Å². The van der Waals surface area contributed by atoms with Crippen LogP contribution >= 0.6 is 11.3 Å². The van der Waals surface area contributed by atoms with Crippen molar-refractivity contribution in [2.24, 2.45) is 0 Å². The molecule has 1 heterocycles. The van der Waals surface area contributed by atoms with Crippen LogP contribution in [0.25, 0.3) is 10.1 Å². The summed E-state index contributed by atoms with van der Waals surface area (Å²) >= 11 is 1.05. The van der Waals surface area contributed by atoms with E-state index in [-0.39, 0.29) is 10.4 Å². The lowest BCUT2D eigenvalue weighted by atomic mass is 10.1. The van der Waals surface area contributed by atoms with Crippen LogP contribution in [0, 0.1) is 0 Å². The fourth-order valence-electron chi connectivity index (χ4n) is 2.19. The summed E-state index contributed by atoms with van der Waals surface area (Å²) in [7, 11) is 0. The van der Waals surface area contributed by atoms with Gasteiger partial charge in [0.15, 0.2) is 0 Å². The molecule has 0 fully saturated rings. The van der Waals surface area contributed by atoms with Crippen molar-refractivity contribution < 1.29 is 19.1 Å². The molecule has 1 atom stereocenters. The molecule has 1 unspecified atom stereocenters. The lowest BCUT2D eigenvalue weighted by Gasteiger charge is -2.10. The summed E-state index contributed by atoms with van der Waals surface area (Å²) in [5, 5.41) is 12.2. The zero-order valence-corrected chi connectivity index (χ0v) is 12.6. The Bertz CT molecular complexity index is 876. The van der Waals surface area contributed by atoms with Crippen molar-refractivity contribution in [3.05, 3.63) is 65.0 Å². The standard InChI is InChI=1S/C17H12FNO3S/c18-15(16(20)19-12-4-2-1-3-5-12)11-7-6-10-8-14(17(21)22)23-13(10)9-11/h1-9,15H,(H,19,20)(H,21,22). The highest BCUT2D eigenvalue weighted by molar-refractivity contribution is 7.20. The third kappa shape index (κ3) is 3.22. The number of fused-ring (bicyclic) bond motifs is 1. The summed E-state index contributed by atoms with van der Waals surface area (Å²) in [5.74, 6) is -1.78. The molecule has 0 aliphatic carbocycles. The second-order valence-corrected chi connectivity index (χ2v) is 6.01. The largest absolute Gasteiger partial charge is 0.477 e. The summed E-state index contributed by atoms with van der Waals surface area (Å²) in [5.41, 5.74) is 0.718. The summed E-state index contributed by atoms with van der Waals surface area (Å²) in [6.07, 6.45) is -1.82. The Morgan fingerprint density at radius 2 is 1.83 bits per heavy atom. The highest BCUT2D eigenvalue weighted by Crippen LogP contribution is 2.30. The van der Waals surface area contributed by atoms with Gasteiger partial charge >= 0.3 is 5.97 Å². The Morgan fingerprint density at radius 3 is 2.52 bits per heavy atom. The van der Waals surface area contributed by atoms with Crippen molar-refractivity contribution in [2.75, 3.05) is 5.32 Å². The Labute approximate surface area is 135 Å². The monoisotopic (exact) mass is 329 g/mol. The van der Waals surface area contributed by atoms with Crippen LogP contribution < -0.4 is 5.32 Å². The number of hydrogen-bond acceptors (Lipinski definition) is 3. The van der Waals surface area contributed by atoms with Crippen LogP contribution in [0.2, 0.25) is 0 Å². The molecule has 2 N–H and O–H groups in total. The molecule has 0 aliphatic rings. The van der Waals surface area contributed by atoms with Crippen LogP contribution in [0.15, 0.2) is 54.6 Å². The number of rotatable bonds is 4. The molecule has 0 spiro atoms. The van der Waals surface area contributed by atoms with E-state index in [9.17, 15) is 14.0 Å². The molecule has 3 aromatic rings. The summed E-state index contributed by atoms with van der Waals surface area (Å²) in [6, 6.07) is 14.8. The molecule has 6 heteroatoms. The van der Waals surface area contributed by atoms with Gasteiger partial charge in [0.1, 0.15) is 4.88 Å². The van der Waals surface area contributed by atoms with Gasteiger partial charge in [-0.05, 0) is 35.2 Å². The van der Waals surface area contributed by atoms with Crippen molar-refractivity contribution >= 4 is 39.0 Å². The van der Waals surface area contributed by atoms with E-state index in [1.165, 1.54) is 18.2 Å². The maximum Gasteiger partial charge on any atom is 0.345 e. The number of alkyl halides is 1. The van der Waals surface area contributed by atoms with E-state index in [1.807, 2.05) is 0 Å². The second-order valence-electron chi connectivity index (χ2n) is 4.93. The van der Waals surface area contributed by atoms with E-state index in [2.05, 4.69) is 5.32 Å². The summed E-state index contributed by atoms with van der Waals surface area (Å²) < 4.78 is 15.0. The maximum atomic E-state index is 14.4. The van der Waals surface area contributed by atoms with E-state index >= 15 is 0 Å². The van der Waals surface area contributed by atoms with Crippen molar-refractivity contribution in [3.63, 3.8) is 0 Å². The summed E-state index contributed by atoms with van der Waals surface area (Å²) in [6.45, 7) is 0. The normalized spacial score (nSPS) is 12.0. The molecule has 23 heavy (non-hydrogen) atoms. The molecule has 116 valence electrons. The number of thiophene rings is 1. The molecule has 2 aromatic carbocycles. The molecule has 4 nitrogen and oxygen atoms in total. The van der Waals surface area contributed by atoms with Crippen LogP contribution in [0.4, 0.5) is 10.1 Å². The average Bonchev–Trinajstić information content (AvgIpc) is 2.98. The number of carbonyl (C=O) groups excluding carboxylic acids is 1. The number of carbonyl (C=O) groups is 2. The lowest BCUT2D eigenvalue weighted by molar-refractivity contribution is -0.121. The minimum atomic E-state index is -1.82. The van der Waals surface area contributed by atoms with Crippen molar-refractivity contribution in [2.45, 2.75) is 6.17 Å². The highest BCUT2D eigenvalue weighted by Gasteiger charge is 2.20. The van der Waals surface area contributed by atoms with Crippen molar-refractivity contribution in [1.82, 2.24) is 0 Å². The predicted octanol–water partition coefficient (Wildman–Crippen LogP) is 4.25. The number of nitrogens with one attached hydrogen (secondary N) is 1. The molecular formula is C17H12FNO3S. The Kier molecular flexibility index (Phi) is 4.08. The second kappa shape index (κ2) is 6.18. The first-order chi connectivity index (χ1) is 11.0. The molecule has 3 rings (SSSR count). The molecule has 0 bridgehead atoms. The highest BCUT2D eigenvalue weighted by atomic mass is 32.1. The van der Waals surface area contributed by atoms with E-state index in [4.69, 9.17) is 5.11 Å². The number of para-hydroxylation sites is 1. The minimum Gasteiger partial charge on any atom is -0.477 e. The Balaban J connectivity index is 1.83. The van der Waals surface area contributed by atoms with Crippen LogP contribution in [-0.4, -0.2) is 17.0 Å². The van der Waals surface area contributed by atoms with Gasteiger partial charge in [-0.1, -0.05) is 30.3 Å². The Morgan fingerprint density at radius 1 is 1.09 bits per heavy atom. The van der Waals surface area contributed by atoms with Crippen LogP contribution in [0.5, 0.6) is 0 Å². The SMILES string of the molecule is O=C(O)c1cc2ccc(C(F)C(=O)Nc3ccccc3)cc2s1. The number of carboxylic acids is 1. The van der Waals surface area contributed by atoms with E-state index in [1.54, 1.807) is 36.4 Å². The quantitative estimate of drug-likeness (QED) is 0.752. The maximum absolute atomic E-state index is 14.4. The van der Waals surface area contributed by atoms with E-state index in [0.29, 0.717) is 15.8 Å². The van der Waals surface area contributed by atoms with Crippen molar-refractivity contribution in [3.8, 4) is 0 Å². The van der Waals surface area contributed by atoms with Crippen LogP contribution in [0.3, 0.4) is 0 Å². The number of benzene rings is 2. The predicted molar refractivity (Wildman–Crippen MR) is 87.7 cm³/mol. The van der Waals surface area contributed by atoms with Gasteiger partial charge in [0.05, 0.1) is 0 Å². The third-order valence-corrected chi connectivity index (χ3v) is 4.40. The molecule has 0 saturated heterocycles. The van der Waals surface area contributed by atoms with Crippen molar-refractivity contribution in [1.29, 1.82) is 0 Å². The third-order valence-electron chi connectivity index (χ3n) is 3.32. The van der Waals surface area contributed by atoms with Gasteiger partial charge in [-0.2, -0.15) is 0 Å². The number of amides is 1. The molecular weight excluding hydrogens is 317 g/mol. The van der Waals surface area contributed by atoms with Gasteiger partial charge in [-0.3, -0.25) is 4.79 Å². The number of hydrogen-bond donors (Lipinski definition) is 2. The zero-order valence-electron chi connectivity index (χ0n) is 11.8.